The van der Waals surface area contributed by atoms with Crippen LogP contribution >= 0.6 is 0 Å². The van der Waals surface area contributed by atoms with Gasteiger partial charge >= 0.3 is 0 Å². The van der Waals surface area contributed by atoms with Crippen LogP contribution in [-0.4, -0.2) is 48.1 Å². The van der Waals surface area contributed by atoms with Gasteiger partial charge in [-0.15, -0.1) is 0 Å². The van der Waals surface area contributed by atoms with E-state index in [0.29, 0.717) is 6.04 Å². The minimum Gasteiger partial charge on any atom is -0.374 e. The van der Waals surface area contributed by atoms with E-state index in [9.17, 15) is 0 Å². The molecule has 2 fully saturated rings. The summed E-state index contributed by atoms with van der Waals surface area (Å²) in [5.74, 6) is 0.867. The highest BCUT2D eigenvalue weighted by Crippen LogP contribution is 2.32. The number of aromatic nitrogens is 1. The topological polar surface area (TPSA) is 47.7 Å². The van der Waals surface area contributed by atoms with Gasteiger partial charge in [0.25, 0.3) is 0 Å². The molecule has 19 heavy (non-hydrogen) atoms. The van der Waals surface area contributed by atoms with E-state index in [1.807, 2.05) is 13.0 Å². The third-order valence-electron chi connectivity index (χ3n) is 4.07. The molecule has 1 aliphatic carbocycles. The summed E-state index contributed by atoms with van der Waals surface area (Å²) >= 11 is 0. The normalized spacial score (nSPS) is 31.6. The Labute approximate surface area is 113 Å². The monoisotopic (exact) mass is 266 g/mol. The predicted molar refractivity (Wildman–Crippen MR) is 69.8 cm³/mol. The lowest BCUT2D eigenvalue weighted by atomic mass is 10.1. The highest BCUT2D eigenvalue weighted by atomic mass is 16.5. The second-order valence-corrected chi connectivity index (χ2v) is 5.37. The molecular weight excluding hydrogens is 244 g/mol. The van der Waals surface area contributed by atoms with Crippen LogP contribution in [0.25, 0.3) is 0 Å². The molecule has 0 amide bonds. The fraction of sp³-hybridized carbons (Fsp3) is 0.786. The second kappa shape index (κ2) is 5.61. The number of hydrogen-bond acceptors (Lipinski definition) is 5. The van der Waals surface area contributed by atoms with E-state index < -0.39 is 0 Å². The Morgan fingerprint density at radius 1 is 1.47 bits per heavy atom. The number of nitrogens with zero attached hydrogens (tertiary/aromatic N) is 2. The molecule has 1 aromatic rings. The molecule has 1 aliphatic heterocycles. The highest BCUT2D eigenvalue weighted by molar-refractivity contribution is 5.05. The first-order valence-corrected chi connectivity index (χ1v) is 7.17. The maximum Gasteiger partial charge on any atom is 0.133 e. The van der Waals surface area contributed by atoms with Crippen molar-refractivity contribution in [3.63, 3.8) is 0 Å². The lowest BCUT2D eigenvalue weighted by Gasteiger charge is -2.30. The Bertz CT molecular complexity index is 421. The summed E-state index contributed by atoms with van der Waals surface area (Å²) in [7, 11) is 0. The van der Waals surface area contributed by atoms with Gasteiger partial charge in [0.05, 0.1) is 24.5 Å². The zero-order valence-electron chi connectivity index (χ0n) is 11.7. The largest absolute Gasteiger partial charge is 0.374 e. The van der Waals surface area contributed by atoms with Crippen LogP contribution in [-0.2, 0) is 16.0 Å². The van der Waals surface area contributed by atoms with Gasteiger partial charge in [0.2, 0.25) is 0 Å². The van der Waals surface area contributed by atoms with E-state index in [2.05, 4.69) is 17.0 Å². The predicted octanol–water partition coefficient (Wildman–Crippen LogP) is 1.75. The van der Waals surface area contributed by atoms with Gasteiger partial charge in [-0.1, -0.05) is 5.16 Å². The Kier molecular flexibility index (Phi) is 3.86. The van der Waals surface area contributed by atoms with Crippen LogP contribution in [0, 0.1) is 6.92 Å². The van der Waals surface area contributed by atoms with Crippen molar-refractivity contribution in [1.29, 1.82) is 0 Å². The molecule has 1 saturated heterocycles. The number of aryl methyl sites for hydroxylation is 1. The Hall–Kier alpha value is -0.910. The summed E-state index contributed by atoms with van der Waals surface area (Å²) in [6.45, 7) is 7.27. The zero-order chi connectivity index (χ0) is 13.2. The summed E-state index contributed by atoms with van der Waals surface area (Å²) < 4.78 is 17.0. The first-order valence-electron chi connectivity index (χ1n) is 7.17. The van der Waals surface area contributed by atoms with Crippen LogP contribution in [0.1, 0.15) is 31.2 Å². The van der Waals surface area contributed by atoms with Crippen LogP contribution in [0.4, 0.5) is 0 Å². The Morgan fingerprint density at radius 2 is 2.37 bits per heavy atom. The lowest BCUT2D eigenvalue weighted by molar-refractivity contribution is -0.0498. The molecule has 106 valence electrons. The van der Waals surface area contributed by atoms with E-state index in [4.69, 9.17) is 14.0 Å². The molecule has 1 saturated carbocycles. The quantitative estimate of drug-likeness (QED) is 0.831. The van der Waals surface area contributed by atoms with Gasteiger partial charge in [0.15, 0.2) is 0 Å². The average Bonchev–Trinajstić information content (AvgIpc) is 2.90. The third kappa shape index (κ3) is 2.68. The van der Waals surface area contributed by atoms with Crippen LogP contribution in [0.15, 0.2) is 10.6 Å². The van der Waals surface area contributed by atoms with E-state index in [1.54, 1.807) is 0 Å². The van der Waals surface area contributed by atoms with E-state index in [1.165, 1.54) is 0 Å². The van der Waals surface area contributed by atoms with Gasteiger partial charge in [-0.3, -0.25) is 4.90 Å². The summed E-state index contributed by atoms with van der Waals surface area (Å²) in [5, 5.41) is 4.10. The molecule has 3 atom stereocenters. The van der Waals surface area contributed by atoms with Crippen LogP contribution in [0.5, 0.6) is 0 Å². The number of ether oxygens (including phenoxy) is 2. The average molecular weight is 266 g/mol. The van der Waals surface area contributed by atoms with Crippen molar-refractivity contribution in [2.24, 2.45) is 0 Å². The van der Waals surface area contributed by atoms with Gasteiger partial charge in [-0.25, -0.2) is 0 Å². The molecule has 0 N–H and O–H groups in total. The van der Waals surface area contributed by atoms with Crippen molar-refractivity contribution in [3.05, 3.63) is 17.5 Å². The maximum atomic E-state index is 5.92. The summed E-state index contributed by atoms with van der Waals surface area (Å²) in [5.41, 5.74) is 0.998. The van der Waals surface area contributed by atoms with Crippen LogP contribution in [0.3, 0.4) is 0 Å². The number of hydrogen-bond donors (Lipinski definition) is 0. The smallest absolute Gasteiger partial charge is 0.133 e. The first kappa shape index (κ1) is 13.1. The van der Waals surface area contributed by atoms with Crippen molar-refractivity contribution in [2.75, 3.05) is 19.8 Å². The SMILES string of the molecule is CCO[C@H]1[C@H]2CC[C@H]1OCCN2Cc1cc(C)on1. The third-order valence-corrected chi connectivity index (χ3v) is 4.07. The highest BCUT2D eigenvalue weighted by Gasteiger charge is 2.42. The molecule has 5 nitrogen and oxygen atoms in total. The Morgan fingerprint density at radius 3 is 3.11 bits per heavy atom. The molecule has 3 rings (SSSR count). The molecule has 5 heteroatoms. The molecular formula is C14H22N2O3. The summed E-state index contributed by atoms with van der Waals surface area (Å²) in [4.78, 5) is 2.44. The standard InChI is InChI=1S/C14H22N2O3/c1-3-17-14-12-4-5-13(14)18-7-6-16(12)9-11-8-10(2)19-15-11/h8,12-14H,3-7,9H2,1-2H3/t12-,13-,14+/m1/s1. The van der Waals surface area contributed by atoms with Gasteiger partial charge in [-0.05, 0) is 26.7 Å². The van der Waals surface area contributed by atoms with Crippen molar-refractivity contribution >= 4 is 0 Å². The van der Waals surface area contributed by atoms with Gasteiger partial charge in [0, 0.05) is 31.8 Å². The van der Waals surface area contributed by atoms with Gasteiger partial charge in [0.1, 0.15) is 5.76 Å². The molecule has 2 aliphatic rings. The van der Waals surface area contributed by atoms with Crippen molar-refractivity contribution in [3.8, 4) is 0 Å². The fourth-order valence-electron chi connectivity index (χ4n) is 3.27. The lowest BCUT2D eigenvalue weighted by Crippen LogP contribution is -2.42. The fourth-order valence-corrected chi connectivity index (χ4v) is 3.27. The zero-order valence-corrected chi connectivity index (χ0v) is 11.7. The molecule has 1 aromatic heterocycles. The molecule has 0 aromatic carbocycles. The number of fused-ring (bicyclic) bond motifs is 2. The molecule has 0 spiro atoms. The molecule has 0 radical (unpaired) electrons. The minimum absolute atomic E-state index is 0.209. The Balaban J connectivity index is 1.73. The first-order chi connectivity index (χ1) is 9.28. The van der Waals surface area contributed by atoms with Gasteiger partial charge in [-0.2, -0.15) is 0 Å². The van der Waals surface area contributed by atoms with E-state index in [0.717, 1.165) is 50.6 Å². The second-order valence-electron chi connectivity index (χ2n) is 5.37. The van der Waals surface area contributed by atoms with E-state index in [-0.39, 0.29) is 12.2 Å². The van der Waals surface area contributed by atoms with Crippen molar-refractivity contribution in [2.45, 2.75) is 51.5 Å². The molecule has 2 bridgehead atoms. The molecule has 2 heterocycles. The molecule has 0 unspecified atom stereocenters. The summed E-state index contributed by atoms with van der Waals surface area (Å²) in [6, 6.07) is 2.46. The van der Waals surface area contributed by atoms with Crippen LogP contribution < -0.4 is 0 Å². The van der Waals surface area contributed by atoms with E-state index >= 15 is 0 Å². The maximum absolute atomic E-state index is 5.92. The summed E-state index contributed by atoms with van der Waals surface area (Å²) in [6.07, 6.45) is 2.73. The van der Waals surface area contributed by atoms with Crippen LogP contribution in [0.2, 0.25) is 0 Å². The van der Waals surface area contributed by atoms with Crippen molar-refractivity contribution in [1.82, 2.24) is 10.1 Å². The number of rotatable bonds is 4. The van der Waals surface area contributed by atoms with Crippen molar-refractivity contribution < 1.29 is 14.0 Å². The van der Waals surface area contributed by atoms with Gasteiger partial charge < -0.3 is 14.0 Å². The minimum atomic E-state index is 0.209.